The number of nitrogens with zero attached hydrogens (tertiary/aromatic N) is 1. The number of benzene rings is 2. The quantitative estimate of drug-likeness (QED) is 0.810. The Morgan fingerprint density at radius 3 is 2.50 bits per heavy atom. The molecule has 0 saturated heterocycles. The predicted molar refractivity (Wildman–Crippen MR) is 95.9 cm³/mol. The fourth-order valence-electron chi connectivity index (χ4n) is 3.08. The lowest BCUT2D eigenvalue weighted by Crippen LogP contribution is -2.35. The van der Waals surface area contributed by atoms with Crippen molar-refractivity contribution < 1.29 is 13.2 Å². The van der Waals surface area contributed by atoms with Crippen LogP contribution in [0, 0.1) is 0 Å². The van der Waals surface area contributed by atoms with Gasteiger partial charge < -0.3 is 4.90 Å². The zero-order valence-corrected chi connectivity index (χ0v) is 14.3. The van der Waals surface area contributed by atoms with Crippen molar-refractivity contribution in [1.29, 1.82) is 0 Å². The van der Waals surface area contributed by atoms with Crippen molar-refractivity contribution in [2.75, 3.05) is 23.0 Å². The van der Waals surface area contributed by atoms with Crippen LogP contribution in [0.2, 0.25) is 0 Å². The normalized spacial score (nSPS) is 13.8. The molecule has 126 valence electrons. The van der Waals surface area contributed by atoms with Crippen LogP contribution in [-0.2, 0) is 27.5 Å². The second kappa shape index (κ2) is 7.18. The van der Waals surface area contributed by atoms with E-state index in [1.807, 2.05) is 54.6 Å². The third-order valence-corrected chi connectivity index (χ3v) is 5.89. The Bertz CT molecular complexity index is 816. The van der Waals surface area contributed by atoms with E-state index in [0.29, 0.717) is 19.4 Å². The summed E-state index contributed by atoms with van der Waals surface area (Å²) in [6.45, 7) is 0.567. The first-order valence-corrected chi connectivity index (χ1v) is 10.00. The van der Waals surface area contributed by atoms with Gasteiger partial charge in [-0.2, -0.15) is 0 Å². The molecule has 1 aliphatic rings. The highest BCUT2D eigenvalue weighted by atomic mass is 32.2. The Hall–Kier alpha value is -2.14. The number of rotatable bonds is 6. The van der Waals surface area contributed by atoms with Crippen molar-refractivity contribution in [2.24, 2.45) is 0 Å². The molecule has 0 spiro atoms. The number of hydrogen-bond acceptors (Lipinski definition) is 3. The molecule has 24 heavy (non-hydrogen) atoms. The van der Waals surface area contributed by atoms with Gasteiger partial charge in [-0.05, 0) is 36.5 Å². The topological polar surface area (TPSA) is 54.5 Å². The Morgan fingerprint density at radius 2 is 1.71 bits per heavy atom. The average Bonchev–Trinajstić information content (AvgIpc) is 2.99. The number of carbonyl (C=O) groups excluding carboxylic acids is 1. The molecule has 1 amide bonds. The standard InChI is InChI=1S/C19H21NO3S/c21-19(20-13-12-17-10-4-5-11-18(17)20)15-24(22,23)14-6-9-16-7-2-1-3-8-16/h1-5,7-8,10-11H,6,9,12-15H2. The van der Waals surface area contributed by atoms with E-state index in [1.54, 1.807) is 4.90 Å². The number of aryl methyl sites for hydroxylation is 1. The van der Waals surface area contributed by atoms with Crippen LogP contribution in [0.5, 0.6) is 0 Å². The van der Waals surface area contributed by atoms with E-state index in [2.05, 4.69) is 0 Å². The number of para-hydroxylation sites is 1. The molecule has 0 unspecified atom stereocenters. The second-order valence-electron chi connectivity index (χ2n) is 6.11. The fraction of sp³-hybridized carbons (Fsp3) is 0.316. The highest BCUT2D eigenvalue weighted by Crippen LogP contribution is 2.27. The van der Waals surface area contributed by atoms with Crippen LogP contribution in [0.4, 0.5) is 5.69 Å². The first-order chi connectivity index (χ1) is 11.6. The summed E-state index contributed by atoms with van der Waals surface area (Å²) >= 11 is 0. The summed E-state index contributed by atoms with van der Waals surface area (Å²) in [7, 11) is -3.38. The summed E-state index contributed by atoms with van der Waals surface area (Å²) in [6.07, 6.45) is 2.03. The largest absolute Gasteiger partial charge is 0.311 e. The molecule has 5 heteroatoms. The summed E-state index contributed by atoms with van der Waals surface area (Å²) in [6, 6.07) is 17.5. The van der Waals surface area contributed by atoms with Crippen LogP contribution in [0.1, 0.15) is 17.5 Å². The van der Waals surface area contributed by atoms with Crippen LogP contribution in [0.3, 0.4) is 0 Å². The van der Waals surface area contributed by atoms with E-state index in [9.17, 15) is 13.2 Å². The number of hydrogen-bond donors (Lipinski definition) is 0. The van der Waals surface area contributed by atoms with E-state index in [4.69, 9.17) is 0 Å². The summed E-state index contributed by atoms with van der Waals surface area (Å²) in [5.41, 5.74) is 3.07. The molecule has 0 bridgehead atoms. The van der Waals surface area contributed by atoms with Crippen LogP contribution in [0.15, 0.2) is 54.6 Å². The van der Waals surface area contributed by atoms with Crippen molar-refractivity contribution in [3.63, 3.8) is 0 Å². The molecule has 0 aromatic heterocycles. The molecule has 1 aliphatic heterocycles. The Balaban J connectivity index is 1.56. The van der Waals surface area contributed by atoms with E-state index < -0.39 is 15.6 Å². The van der Waals surface area contributed by atoms with Gasteiger partial charge in [0.1, 0.15) is 5.75 Å². The van der Waals surface area contributed by atoms with Crippen molar-refractivity contribution >= 4 is 21.4 Å². The number of carbonyl (C=O) groups is 1. The maximum atomic E-state index is 12.4. The van der Waals surface area contributed by atoms with E-state index in [0.717, 1.165) is 23.2 Å². The Kier molecular flexibility index (Phi) is 5.00. The second-order valence-corrected chi connectivity index (χ2v) is 8.29. The summed E-state index contributed by atoms with van der Waals surface area (Å²) in [5.74, 6) is -0.682. The highest BCUT2D eigenvalue weighted by molar-refractivity contribution is 7.92. The van der Waals surface area contributed by atoms with Gasteiger partial charge in [0.25, 0.3) is 0 Å². The fourth-order valence-corrected chi connectivity index (χ4v) is 4.34. The molecule has 2 aromatic rings. The molecule has 0 aliphatic carbocycles. The Morgan fingerprint density at radius 1 is 1.00 bits per heavy atom. The number of amides is 1. The zero-order chi connectivity index (χ0) is 17.0. The van der Waals surface area contributed by atoms with Gasteiger partial charge in [-0.15, -0.1) is 0 Å². The lowest BCUT2D eigenvalue weighted by molar-refractivity contribution is -0.116. The van der Waals surface area contributed by atoms with Crippen molar-refractivity contribution in [1.82, 2.24) is 0 Å². The van der Waals surface area contributed by atoms with Crippen molar-refractivity contribution in [2.45, 2.75) is 19.3 Å². The number of fused-ring (bicyclic) bond motifs is 1. The van der Waals surface area contributed by atoms with E-state index >= 15 is 0 Å². The van der Waals surface area contributed by atoms with Gasteiger partial charge in [0.15, 0.2) is 9.84 Å². The number of anilines is 1. The monoisotopic (exact) mass is 343 g/mol. The van der Waals surface area contributed by atoms with Gasteiger partial charge in [-0.3, -0.25) is 4.79 Å². The summed E-state index contributed by atoms with van der Waals surface area (Å²) < 4.78 is 24.5. The first kappa shape index (κ1) is 16.7. The van der Waals surface area contributed by atoms with Crippen molar-refractivity contribution in [3.8, 4) is 0 Å². The van der Waals surface area contributed by atoms with Crippen molar-refractivity contribution in [3.05, 3.63) is 65.7 Å². The van der Waals surface area contributed by atoms with Gasteiger partial charge in [0.05, 0.1) is 5.75 Å². The van der Waals surface area contributed by atoms with Gasteiger partial charge in [0.2, 0.25) is 5.91 Å². The van der Waals surface area contributed by atoms with Gasteiger partial charge in [0, 0.05) is 12.2 Å². The molecule has 0 atom stereocenters. The SMILES string of the molecule is O=C(CS(=O)(=O)CCCc1ccccc1)N1CCc2ccccc21. The molecule has 3 rings (SSSR count). The third-order valence-electron chi connectivity index (χ3n) is 4.30. The molecule has 0 fully saturated rings. The molecular formula is C19H21NO3S. The predicted octanol–water partition coefficient (Wildman–Crippen LogP) is 2.62. The van der Waals surface area contributed by atoms with Gasteiger partial charge in [-0.1, -0.05) is 48.5 Å². The highest BCUT2D eigenvalue weighted by Gasteiger charge is 2.27. The first-order valence-electron chi connectivity index (χ1n) is 8.18. The lowest BCUT2D eigenvalue weighted by Gasteiger charge is -2.17. The molecule has 0 radical (unpaired) electrons. The maximum absolute atomic E-state index is 12.4. The summed E-state index contributed by atoms with van der Waals surface area (Å²) in [5, 5.41) is 0. The Labute approximate surface area is 143 Å². The maximum Gasteiger partial charge on any atom is 0.242 e. The third kappa shape index (κ3) is 4.03. The van der Waals surface area contributed by atoms with Crippen LogP contribution in [0.25, 0.3) is 0 Å². The van der Waals surface area contributed by atoms with Gasteiger partial charge in [-0.25, -0.2) is 8.42 Å². The molecular weight excluding hydrogens is 322 g/mol. The minimum Gasteiger partial charge on any atom is -0.311 e. The molecule has 0 N–H and O–H groups in total. The summed E-state index contributed by atoms with van der Waals surface area (Å²) in [4.78, 5) is 14.0. The average molecular weight is 343 g/mol. The van der Waals surface area contributed by atoms with Gasteiger partial charge >= 0.3 is 0 Å². The minimum absolute atomic E-state index is 0.0448. The van der Waals surface area contributed by atoms with Crippen LogP contribution in [-0.4, -0.2) is 32.4 Å². The molecule has 2 aromatic carbocycles. The zero-order valence-electron chi connectivity index (χ0n) is 13.5. The molecule has 0 saturated carbocycles. The smallest absolute Gasteiger partial charge is 0.242 e. The molecule has 4 nitrogen and oxygen atoms in total. The van der Waals surface area contributed by atoms with E-state index in [-0.39, 0.29) is 11.7 Å². The molecule has 1 heterocycles. The van der Waals surface area contributed by atoms with Crippen LogP contribution >= 0.6 is 0 Å². The number of sulfone groups is 1. The lowest BCUT2D eigenvalue weighted by atomic mass is 10.1. The van der Waals surface area contributed by atoms with E-state index in [1.165, 1.54) is 0 Å². The van der Waals surface area contributed by atoms with Crippen LogP contribution < -0.4 is 4.90 Å². The minimum atomic E-state index is -3.38.